The molecule has 0 N–H and O–H groups in total. The molecule has 0 radical (unpaired) electrons. The minimum absolute atomic E-state index is 0.0626. The first-order valence-electron chi connectivity index (χ1n) is 9.57. The average Bonchev–Trinajstić information content (AvgIpc) is 2.61. The Morgan fingerprint density at radius 2 is 1.60 bits per heavy atom. The normalized spacial score (nSPS) is 10.5. The number of hydrogen-bond acceptors (Lipinski definition) is 3. The van der Waals surface area contributed by atoms with Gasteiger partial charge >= 0.3 is 5.97 Å². The Morgan fingerprint density at radius 3 is 2.32 bits per heavy atom. The number of carbonyl (C=O) groups excluding carboxylic acids is 2. The van der Waals surface area contributed by atoms with Crippen molar-refractivity contribution in [3.63, 3.8) is 0 Å². The largest absolute Gasteiger partial charge is 0.466 e. The SMILES string of the molecule is CCCCCCCCOC(=O)CCCC(=O)N(C)Cc1ccccc1. The number of unbranched alkanes of at least 4 members (excludes halogenated alkanes) is 5. The minimum Gasteiger partial charge on any atom is -0.466 e. The summed E-state index contributed by atoms with van der Waals surface area (Å²) < 4.78 is 5.22. The van der Waals surface area contributed by atoms with E-state index in [0.717, 1.165) is 18.4 Å². The van der Waals surface area contributed by atoms with Crippen LogP contribution in [0.5, 0.6) is 0 Å². The zero-order valence-corrected chi connectivity index (χ0v) is 15.8. The van der Waals surface area contributed by atoms with E-state index in [0.29, 0.717) is 32.4 Å². The van der Waals surface area contributed by atoms with Crippen molar-refractivity contribution in [1.82, 2.24) is 4.90 Å². The second kappa shape index (κ2) is 13.5. The summed E-state index contributed by atoms with van der Waals surface area (Å²) in [6.45, 7) is 3.31. The summed E-state index contributed by atoms with van der Waals surface area (Å²) >= 11 is 0. The van der Waals surface area contributed by atoms with Gasteiger partial charge in [0.25, 0.3) is 0 Å². The van der Waals surface area contributed by atoms with Gasteiger partial charge in [0.1, 0.15) is 0 Å². The van der Waals surface area contributed by atoms with Gasteiger partial charge in [-0.1, -0.05) is 69.4 Å². The van der Waals surface area contributed by atoms with Gasteiger partial charge in [0, 0.05) is 26.4 Å². The molecular weight excluding hydrogens is 314 g/mol. The summed E-state index contributed by atoms with van der Waals surface area (Å²) in [4.78, 5) is 25.5. The molecule has 1 aromatic carbocycles. The maximum absolute atomic E-state index is 12.1. The fourth-order valence-electron chi connectivity index (χ4n) is 2.66. The van der Waals surface area contributed by atoms with E-state index in [2.05, 4.69) is 6.92 Å². The Morgan fingerprint density at radius 1 is 0.920 bits per heavy atom. The van der Waals surface area contributed by atoms with Gasteiger partial charge in [-0.2, -0.15) is 0 Å². The van der Waals surface area contributed by atoms with Gasteiger partial charge < -0.3 is 9.64 Å². The van der Waals surface area contributed by atoms with Gasteiger partial charge in [-0.05, 0) is 18.4 Å². The summed E-state index contributed by atoms with van der Waals surface area (Å²) in [5, 5.41) is 0. The van der Waals surface area contributed by atoms with Crippen molar-refractivity contribution in [3.05, 3.63) is 35.9 Å². The van der Waals surface area contributed by atoms with E-state index in [1.807, 2.05) is 30.3 Å². The van der Waals surface area contributed by atoms with E-state index in [9.17, 15) is 9.59 Å². The summed E-state index contributed by atoms with van der Waals surface area (Å²) in [5.74, 6) is -0.125. The molecule has 0 spiro atoms. The predicted molar refractivity (Wildman–Crippen MR) is 101 cm³/mol. The Labute approximate surface area is 152 Å². The molecule has 0 unspecified atom stereocenters. The molecule has 4 nitrogen and oxygen atoms in total. The Bertz CT molecular complexity index is 487. The molecule has 4 heteroatoms. The molecule has 25 heavy (non-hydrogen) atoms. The Balaban J connectivity index is 2.05. The van der Waals surface area contributed by atoms with E-state index in [4.69, 9.17) is 4.74 Å². The van der Waals surface area contributed by atoms with Crippen molar-refractivity contribution >= 4 is 11.9 Å². The van der Waals surface area contributed by atoms with Crippen LogP contribution in [0.4, 0.5) is 0 Å². The van der Waals surface area contributed by atoms with Gasteiger partial charge in [0.2, 0.25) is 5.91 Å². The lowest BCUT2D eigenvalue weighted by atomic mass is 10.1. The number of rotatable bonds is 13. The molecule has 140 valence electrons. The fraction of sp³-hybridized carbons (Fsp3) is 0.619. The Kier molecular flexibility index (Phi) is 11.4. The van der Waals surface area contributed by atoms with Crippen LogP contribution in [0, 0.1) is 0 Å². The van der Waals surface area contributed by atoms with Crippen LogP contribution in [0.25, 0.3) is 0 Å². The third-order valence-corrected chi connectivity index (χ3v) is 4.22. The van der Waals surface area contributed by atoms with E-state index < -0.39 is 0 Å². The van der Waals surface area contributed by atoms with Gasteiger partial charge in [0.15, 0.2) is 0 Å². The molecule has 1 rings (SSSR count). The maximum atomic E-state index is 12.1. The van der Waals surface area contributed by atoms with E-state index in [1.165, 1.54) is 25.7 Å². The monoisotopic (exact) mass is 347 g/mol. The van der Waals surface area contributed by atoms with Crippen molar-refractivity contribution in [1.29, 1.82) is 0 Å². The van der Waals surface area contributed by atoms with Crippen LogP contribution >= 0.6 is 0 Å². The first-order chi connectivity index (χ1) is 12.1. The van der Waals surface area contributed by atoms with Crippen LogP contribution in [0.15, 0.2) is 30.3 Å². The van der Waals surface area contributed by atoms with Crippen LogP contribution in [0.3, 0.4) is 0 Å². The van der Waals surface area contributed by atoms with Gasteiger partial charge in [0.05, 0.1) is 6.61 Å². The van der Waals surface area contributed by atoms with Gasteiger partial charge in [-0.25, -0.2) is 0 Å². The second-order valence-electron chi connectivity index (χ2n) is 6.58. The van der Waals surface area contributed by atoms with Crippen molar-refractivity contribution in [2.24, 2.45) is 0 Å². The third kappa shape index (κ3) is 10.6. The summed E-state index contributed by atoms with van der Waals surface area (Å²) in [6, 6.07) is 9.90. The highest BCUT2D eigenvalue weighted by molar-refractivity contribution is 5.77. The molecular formula is C21H33NO3. The molecule has 0 saturated heterocycles. The topological polar surface area (TPSA) is 46.6 Å². The smallest absolute Gasteiger partial charge is 0.305 e. The highest BCUT2D eigenvalue weighted by Gasteiger charge is 2.11. The molecule has 1 aromatic rings. The van der Waals surface area contributed by atoms with Gasteiger partial charge in [-0.15, -0.1) is 0 Å². The standard InChI is InChI=1S/C21H33NO3/c1-3-4-5-6-7-11-17-25-21(24)16-12-15-20(23)22(2)18-19-13-9-8-10-14-19/h8-10,13-14H,3-7,11-12,15-18H2,1-2H3. The van der Waals surface area contributed by atoms with Crippen molar-refractivity contribution in [2.75, 3.05) is 13.7 Å². The van der Waals surface area contributed by atoms with Gasteiger partial charge in [-0.3, -0.25) is 9.59 Å². The summed E-state index contributed by atoms with van der Waals surface area (Å²) in [7, 11) is 1.80. The molecule has 0 heterocycles. The fourth-order valence-corrected chi connectivity index (χ4v) is 2.66. The quantitative estimate of drug-likeness (QED) is 0.383. The van der Waals surface area contributed by atoms with Crippen molar-refractivity contribution in [2.45, 2.75) is 71.3 Å². The van der Waals surface area contributed by atoms with E-state index in [1.54, 1.807) is 11.9 Å². The maximum Gasteiger partial charge on any atom is 0.305 e. The van der Waals surface area contributed by atoms with Crippen LogP contribution in [-0.2, 0) is 20.9 Å². The zero-order chi connectivity index (χ0) is 18.3. The molecule has 0 fully saturated rings. The molecule has 1 amide bonds. The number of amides is 1. The van der Waals surface area contributed by atoms with Crippen molar-refractivity contribution in [3.8, 4) is 0 Å². The molecule has 0 aliphatic carbocycles. The summed E-state index contributed by atoms with van der Waals surface area (Å²) in [5.41, 5.74) is 1.11. The number of esters is 1. The lowest BCUT2D eigenvalue weighted by molar-refractivity contribution is -0.144. The first kappa shape index (κ1) is 21.2. The number of benzene rings is 1. The first-order valence-corrected chi connectivity index (χ1v) is 9.57. The molecule has 0 bridgehead atoms. The average molecular weight is 347 g/mol. The number of hydrogen-bond donors (Lipinski definition) is 0. The number of nitrogens with zero attached hydrogens (tertiary/aromatic N) is 1. The van der Waals surface area contributed by atoms with E-state index in [-0.39, 0.29) is 11.9 Å². The number of ether oxygens (including phenoxy) is 1. The minimum atomic E-state index is -0.188. The molecule has 0 aliphatic rings. The van der Waals surface area contributed by atoms with E-state index >= 15 is 0 Å². The molecule has 0 aromatic heterocycles. The number of carbonyl (C=O) groups is 2. The zero-order valence-electron chi connectivity index (χ0n) is 15.8. The van der Waals surface area contributed by atoms with Crippen LogP contribution in [0.2, 0.25) is 0 Å². The van der Waals surface area contributed by atoms with Crippen LogP contribution in [0.1, 0.15) is 70.3 Å². The highest BCUT2D eigenvalue weighted by atomic mass is 16.5. The second-order valence-corrected chi connectivity index (χ2v) is 6.58. The third-order valence-electron chi connectivity index (χ3n) is 4.22. The lowest BCUT2D eigenvalue weighted by Gasteiger charge is -2.17. The summed E-state index contributed by atoms with van der Waals surface area (Å²) in [6.07, 6.45) is 8.32. The molecule has 0 atom stereocenters. The predicted octanol–water partition coefficient (Wildman–Crippen LogP) is 4.72. The van der Waals surface area contributed by atoms with Crippen molar-refractivity contribution < 1.29 is 14.3 Å². The Hall–Kier alpha value is -1.84. The van der Waals surface area contributed by atoms with Crippen LogP contribution in [-0.4, -0.2) is 30.4 Å². The van der Waals surface area contributed by atoms with Crippen LogP contribution < -0.4 is 0 Å². The highest BCUT2D eigenvalue weighted by Crippen LogP contribution is 2.08. The molecule has 0 aliphatic heterocycles. The lowest BCUT2D eigenvalue weighted by Crippen LogP contribution is -2.26. The molecule has 0 saturated carbocycles.